The highest BCUT2D eigenvalue weighted by Gasteiger charge is 2.29. The Morgan fingerprint density at radius 3 is 2.46 bits per heavy atom. The van der Waals surface area contributed by atoms with E-state index in [9.17, 15) is 13.2 Å². The number of sulfonamides is 1. The second-order valence-electron chi connectivity index (χ2n) is 7.72. The molecule has 0 spiro atoms. The molecule has 2 heterocycles. The monoisotopic (exact) mass is 429 g/mol. The van der Waals surface area contributed by atoms with Crippen LogP contribution in [-0.2, 0) is 14.8 Å². The van der Waals surface area contributed by atoms with E-state index in [2.05, 4.69) is 12.2 Å². The van der Waals surface area contributed by atoms with Gasteiger partial charge in [0.2, 0.25) is 15.9 Å². The minimum Gasteiger partial charge on any atom is -0.341 e. The van der Waals surface area contributed by atoms with Crippen LogP contribution in [-0.4, -0.2) is 62.8 Å². The number of nitrogens with zero attached hydrogens (tertiary/aromatic N) is 2. The number of carbonyl (C=O) groups is 1. The molecule has 3 rings (SSSR count). The number of hydrogen-bond acceptors (Lipinski definition) is 4. The zero-order valence-electron chi connectivity index (χ0n) is 16.5. The third kappa shape index (κ3) is 5.69. The highest BCUT2D eigenvalue weighted by molar-refractivity contribution is 7.89. The summed E-state index contributed by atoms with van der Waals surface area (Å²) in [6.07, 6.45) is 3.52. The van der Waals surface area contributed by atoms with Crippen molar-refractivity contribution >= 4 is 28.3 Å². The van der Waals surface area contributed by atoms with Crippen LogP contribution >= 0.6 is 12.4 Å². The van der Waals surface area contributed by atoms with Crippen LogP contribution in [0.3, 0.4) is 0 Å². The normalized spacial score (nSPS) is 20.8. The third-order valence-corrected chi connectivity index (χ3v) is 7.79. The first-order valence-electron chi connectivity index (χ1n) is 10.0. The highest BCUT2D eigenvalue weighted by Crippen LogP contribution is 2.25. The second kappa shape index (κ2) is 10.6. The van der Waals surface area contributed by atoms with Crippen LogP contribution in [0.1, 0.15) is 32.6 Å². The molecular weight excluding hydrogens is 398 g/mol. The van der Waals surface area contributed by atoms with Crippen LogP contribution in [0.5, 0.6) is 0 Å². The highest BCUT2D eigenvalue weighted by atomic mass is 35.5. The summed E-state index contributed by atoms with van der Waals surface area (Å²) in [6.45, 7) is 6.20. The molecule has 2 saturated heterocycles. The first-order valence-corrected chi connectivity index (χ1v) is 11.5. The first-order chi connectivity index (χ1) is 13.0. The zero-order valence-corrected chi connectivity index (χ0v) is 18.2. The molecule has 0 aliphatic carbocycles. The molecular formula is C20H32ClN3O3S. The zero-order chi connectivity index (χ0) is 19.3. The van der Waals surface area contributed by atoms with Crippen molar-refractivity contribution in [1.29, 1.82) is 0 Å². The van der Waals surface area contributed by atoms with Gasteiger partial charge in [0.05, 0.1) is 4.90 Å². The Morgan fingerprint density at radius 2 is 1.79 bits per heavy atom. The van der Waals surface area contributed by atoms with Crippen LogP contribution < -0.4 is 5.32 Å². The van der Waals surface area contributed by atoms with Crippen molar-refractivity contribution in [3.8, 4) is 0 Å². The van der Waals surface area contributed by atoms with Crippen LogP contribution in [0.15, 0.2) is 35.2 Å². The Labute approximate surface area is 175 Å². The van der Waals surface area contributed by atoms with E-state index in [0.717, 1.165) is 25.9 Å². The molecule has 6 nitrogen and oxygen atoms in total. The lowest BCUT2D eigenvalue weighted by atomic mass is 9.84. The van der Waals surface area contributed by atoms with Crippen LogP contribution in [0.25, 0.3) is 0 Å². The summed E-state index contributed by atoms with van der Waals surface area (Å²) in [5.74, 6) is 1.16. The molecule has 28 heavy (non-hydrogen) atoms. The summed E-state index contributed by atoms with van der Waals surface area (Å²) in [5.41, 5.74) is 0. The van der Waals surface area contributed by atoms with Gasteiger partial charge in [-0.25, -0.2) is 8.42 Å². The van der Waals surface area contributed by atoms with Gasteiger partial charge in [-0.05, 0) is 56.3 Å². The van der Waals surface area contributed by atoms with Gasteiger partial charge >= 0.3 is 0 Å². The number of halogens is 1. The molecule has 1 atom stereocenters. The number of carbonyl (C=O) groups excluding carboxylic acids is 1. The standard InChI is InChI=1S/C20H31N3O3S.ClH/c1-17(18-8-10-21-11-9-18)16-20(24)22-12-5-13-23(15-14-22)27(25,26)19-6-3-2-4-7-19;/h2-4,6-7,17-18,21H,5,8-16H2,1H3;1H. The predicted octanol–water partition coefficient (Wildman–Crippen LogP) is 2.36. The SMILES string of the molecule is CC(CC(=O)N1CCCN(S(=O)(=O)c2ccccc2)CC1)C1CCNCC1.Cl. The summed E-state index contributed by atoms with van der Waals surface area (Å²) in [5, 5.41) is 3.37. The fourth-order valence-electron chi connectivity index (χ4n) is 4.11. The lowest BCUT2D eigenvalue weighted by Gasteiger charge is -2.30. The van der Waals surface area contributed by atoms with E-state index in [1.807, 2.05) is 11.0 Å². The topological polar surface area (TPSA) is 69.7 Å². The maximum Gasteiger partial charge on any atom is 0.243 e. The molecule has 1 unspecified atom stereocenters. The lowest BCUT2D eigenvalue weighted by Crippen LogP contribution is -2.39. The summed E-state index contributed by atoms with van der Waals surface area (Å²) in [4.78, 5) is 15.0. The van der Waals surface area contributed by atoms with Crippen molar-refractivity contribution in [2.75, 3.05) is 39.3 Å². The maximum absolute atomic E-state index is 12.8. The molecule has 0 aromatic heterocycles. The molecule has 1 aromatic carbocycles. The first kappa shape index (κ1) is 23.1. The molecule has 0 radical (unpaired) electrons. The van der Waals surface area contributed by atoms with Crippen molar-refractivity contribution in [2.45, 2.75) is 37.5 Å². The average Bonchev–Trinajstić information content (AvgIpc) is 2.96. The summed E-state index contributed by atoms with van der Waals surface area (Å²) in [6, 6.07) is 8.55. The van der Waals surface area contributed by atoms with Gasteiger partial charge < -0.3 is 10.2 Å². The van der Waals surface area contributed by atoms with Gasteiger partial charge in [-0.2, -0.15) is 4.31 Å². The van der Waals surface area contributed by atoms with E-state index in [1.54, 1.807) is 24.3 Å². The summed E-state index contributed by atoms with van der Waals surface area (Å²) < 4.78 is 27.2. The van der Waals surface area contributed by atoms with Crippen LogP contribution in [0.2, 0.25) is 0 Å². The van der Waals surface area contributed by atoms with E-state index in [0.29, 0.717) is 55.8 Å². The minimum absolute atomic E-state index is 0. The number of nitrogens with one attached hydrogen (secondary N) is 1. The maximum atomic E-state index is 12.8. The number of benzene rings is 1. The summed E-state index contributed by atoms with van der Waals surface area (Å²) in [7, 11) is -3.49. The van der Waals surface area contributed by atoms with Gasteiger partial charge in [-0.3, -0.25) is 4.79 Å². The molecule has 1 amide bonds. The molecule has 0 saturated carbocycles. The molecule has 2 aliphatic heterocycles. The van der Waals surface area contributed by atoms with Gasteiger partial charge in [0.1, 0.15) is 0 Å². The fraction of sp³-hybridized carbons (Fsp3) is 0.650. The van der Waals surface area contributed by atoms with Crippen LogP contribution in [0.4, 0.5) is 0 Å². The summed E-state index contributed by atoms with van der Waals surface area (Å²) >= 11 is 0. The van der Waals surface area contributed by atoms with E-state index in [4.69, 9.17) is 0 Å². The molecule has 0 bridgehead atoms. The Hall–Kier alpha value is -1.15. The molecule has 2 aliphatic rings. The number of piperidine rings is 1. The van der Waals surface area contributed by atoms with E-state index < -0.39 is 10.0 Å². The van der Waals surface area contributed by atoms with Crippen molar-refractivity contribution < 1.29 is 13.2 Å². The predicted molar refractivity (Wildman–Crippen MR) is 113 cm³/mol. The third-order valence-electron chi connectivity index (χ3n) is 5.87. The number of rotatable bonds is 5. The van der Waals surface area contributed by atoms with E-state index in [-0.39, 0.29) is 18.3 Å². The second-order valence-corrected chi connectivity index (χ2v) is 9.66. The largest absolute Gasteiger partial charge is 0.341 e. The van der Waals surface area contributed by atoms with Gasteiger partial charge in [-0.15, -0.1) is 12.4 Å². The van der Waals surface area contributed by atoms with Crippen molar-refractivity contribution in [3.63, 3.8) is 0 Å². The Bertz CT molecular complexity index is 723. The number of hydrogen-bond donors (Lipinski definition) is 1. The minimum atomic E-state index is -3.49. The van der Waals surface area contributed by atoms with E-state index >= 15 is 0 Å². The Kier molecular flexibility index (Phi) is 8.74. The molecule has 2 fully saturated rings. The number of amides is 1. The molecule has 1 N–H and O–H groups in total. The van der Waals surface area contributed by atoms with Crippen LogP contribution in [0, 0.1) is 11.8 Å². The molecule has 8 heteroatoms. The molecule has 1 aromatic rings. The van der Waals surface area contributed by atoms with Gasteiger partial charge in [0.25, 0.3) is 0 Å². The Morgan fingerprint density at radius 1 is 1.11 bits per heavy atom. The smallest absolute Gasteiger partial charge is 0.243 e. The Balaban J connectivity index is 0.00000280. The lowest BCUT2D eigenvalue weighted by molar-refractivity contribution is -0.132. The van der Waals surface area contributed by atoms with Crippen molar-refractivity contribution in [2.24, 2.45) is 11.8 Å². The van der Waals surface area contributed by atoms with Gasteiger partial charge in [-0.1, -0.05) is 25.1 Å². The molecule has 158 valence electrons. The van der Waals surface area contributed by atoms with Crippen molar-refractivity contribution in [3.05, 3.63) is 30.3 Å². The van der Waals surface area contributed by atoms with Gasteiger partial charge in [0.15, 0.2) is 0 Å². The van der Waals surface area contributed by atoms with Gasteiger partial charge in [0, 0.05) is 32.6 Å². The van der Waals surface area contributed by atoms with Crippen molar-refractivity contribution in [1.82, 2.24) is 14.5 Å². The average molecular weight is 430 g/mol. The fourth-order valence-corrected chi connectivity index (χ4v) is 5.60. The van der Waals surface area contributed by atoms with E-state index in [1.165, 1.54) is 4.31 Å². The quantitative estimate of drug-likeness (QED) is 0.780.